The van der Waals surface area contributed by atoms with Crippen LogP contribution in [0.25, 0.3) is 0 Å². The van der Waals surface area contributed by atoms with Crippen molar-refractivity contribution in [3.8, 4) is 0 Å². The summed E-state index contributed by atoms with van der Waals surface area (Å²) < 4.78 is 2.64. The molecule has 4 aliphatic carbocycles. The Morgan fingerprint density at radius 2 is 1.91 bits per heavy atom. The molecular formula is C17H26N4OS. The summed E-state index contributed by atoms with van der Waals surface area (Å²) in [5.74, 6) is 3.67. The van der Waals surface area contributed by atoms with Crippen molar-refractivity contribution in [2.75, 3.05) is 6.54 Å². The summed E-state index contributed by atoms with van der Waals surface area (Å²) in [6.07, 6.45) is 8.32. The lowest BCUT2D eigenvalue weighted by atomic mass is 9.49. The number of rotatable bonds is 5. The zero-order valence-electron chi connectivity index (χ0n) is 13.8. The molecule has 0 unspecified atom stereocenters. The van der Waals surface area contributed by atoms with Crippen LogP contribution in [0.5, 0.6) is 0 Å². The molecule has 4 aliphatic rings. The third kappa shape index (κ3) is 2.65. The Balaban J connectivity index is 1.39. The van der Waals surface area contributed by atoms with E-state index in [-0.39, 0.29) is 5.41 Å². The van der Waals surface area contributed by atoms with Gasteiger partial charge in [0.25, 0.3) is 0 Å². The van der Waals surface area contributed by atoms with Crippen LogP contribution in [0.3, 0.4) is 0 Å². The van der Waals surface area contributed by atoms with Crippen LogP contribution in [-0.2, 0) is 17.8 Å². The highest BCUT2D eigenvalue weighted by atomic mass is 32.1. The predicted molar refractivity (Wildman–Crippen MR) is 90.4 cm³/mol. The van der Waals surface area contributed by atoms with Gasteiger partial charge in [-0.05, 0) is 68.5 Å². The maximum atomic E-state index is 12.9. The minimum absolute atomic E-state index is 0.0554. The van der Waals surface area contributed by atoms with Crippen LogP contribution in [0.1, 0.15) is 51.3 Å². The molecule has 0 radical (unpaired) electrons. The molecule has 5 rings (SSSR count). The third-order valence-electron chi connectivity index (χ3n) is 6.29. The van der Waals surface area contributed by atoms with Crippen molar-refractivity contribution >= 4 is 18.1 Å². The number of H-pyrrole nitrogens is 1. The van der Waals surface area contributed by atoms with Crippen molar-refractivity contribution in [2.24, 2.45) is 23.2 Å². The van der Waals surface area contributed by atoms with Gasteiger partial charge in [-0.2, -0.15) is 5.10 Å². The molecular weight excluding hydrogens is 308 g/mol. The number of nitrogens with zero attached hydrogens (tertiary/aromatic N) is 2. The Hall–Kier alpha value is -1.17. The van der Waals surface area contributed by atoms with Crippen molar-refractivity contribution in [3.05, 3.63) is 10.6 Å². The number of nitrogens with one attached hydrogen (secondary N) is 2. The Labute approximate surface area is 142 Å². The highest BCUT2D eigenvalue weighted by Crippen LogP contribution is 2.60. The Morgan fingerprint density at radius 1 is 1.30 bits per heavy atom. The fourth-order valence-corrected chi connectivity index (χ4v) is 5.95. The summed E-state index contributed by atoms with van der Waals surface area (Å²) >= 11 is 5.27. The largest absolute Gasteiger partial charge is 0.354 e. The van der Waals surface area contributed by atoms with Crippen LogP contribution in [0.2, 0.25) is 0 Å². The second-order valence-corrected chi connectivity index (χ2v) is 8.29. The lowest BCUT2D eigenvalue weighted by molar-refractivity contribution is -0.146. The topological polar surface area (TPSA) is 62.7 Å². The Morgan fingerprint density at radius 3 is 2.48 bits per heavy atom. The normalized spacial score (nSPS) is 34.7. The number of amides is 1. The molecule has 0 aromatic carbocycles. The van der Waals surface area contributed by atoms with E-state index < -0.39 is 0 Å². The number of hydrogen-bond acceptors (Lipinski definition) is 3. The smallest absolute Gasteiger partial charge is 0.226 e. The molecule has 0 saturated heterocycles. The van der Waals surface area contributed by atoms with E-state index in [0.29, 0.717) is 23.8 Å². The second kappa shape index (κ2) is 5.72. The summed E-state index contributed by atoms with van der Waals surface area (Å²) in [6.45, 7) is 3.41. The molecule has 126 valence electrons. The predicted octanol–water partition coefficient (Wildman–Crippen LogP) is 2.84. The molecule has 23 heavy (non-hydrogen) atoms. The van der Waals surface area contributed by atoms with Gasteiger partial charge >= 0.3 is 0 Å². The van der Waals surface area contributed by atoms with Crippen LogP contribution in [0, 0.1) is 27.9 Å². The van der Waals surface area contributed by atoms with Gasteiger partial charge < -0.3 is 9.88 Å². The van der Waals surface area contributed by atoms with Crippen molar-refractivity contribution in [3.63, 3.8) is 0 Å². The van der Waals surface area contributed by atoms with Crippen LogP contribution < -0.4 is 5.32 Å². The molecule has 6 heteroatoms. The van der Waals surface area contributed by atoms with Gasteiger partial charge in [0.15, 0.2) is 4.77 Å². The fourth-order valence-electron chi connectivity index (χ4n) is 5.71. The molecule has 0 spiro atoms. The number of carbonyl (C=O) groups is 1. The molecule has 0 aliphatic heterocycles. The van der Waals surface area contributed by atoms with Crippen molar-refractivity contribution in [1.82, 2.24) is 20.1 Å². The molecule has 4 bridgehead atoms. The molecule has 4 fully saturated rings. The molecule has 0 atom stereocenters. The zero-order valence-corrected chi connectivity index (χ0v) is 14.6. The highest BCUT2D eigenvalue weighted by molar-refractivity contribution is 7.71. The van der Waals surface area contributed by atoms with Gasteiger partial charge in [-0.25, -0.2) is 0 Å². The van der Waals surface area contributed by atoms with E-state index in [0.717, 1.165) is 49.3 Å². The van der Waals surface area contributed by atoms with Gasteiger partial charge in [0, 0.05) is 24.9 Å². The van der Waals surface area contributed by atoms with E-state index in [1.807, 2.05) is 4.57 Å². The molecule has 1 aromatic heterocycles. The number of aromatic nitrogens is 3. The molecule has 1 amide bonds. The highest BCUT2D eigenvalue weighted by Gasteiger charge is 2.54. The van der Waals surface area contributed by atoms with E-state index in [4.69, 9.17) is 12.2 Å². The summed E-state index contributed by atoms with van der Waals surface area (Å²) in [6, 6.07) is 0. The average molecular weight is 334 g/mol. The minimum atomic E-state index is -0.0554. The number of aromatic amines is 1. The molecule has 5 nitrogen and oxygen atoms in total. The zero-order chi connectivity index (χ0) is 16.0. The van der Waals surface area contributed by atoms with Gasteiger partial charge in [0.2, 0.25) is 5.91 Å². The molecule has 1 heterocycles. The maximum absolute atomic E-state index is 12.9. The molecule has 2 N–H and O–H groups in total. The first-order chi connectivity index (χ1) is 11.1. The standard InChI is InChI=1S/C17H26N4OS/c1-2-14-19-20-16(23)21(14)4-3-18-15(22)17-8-11-5-12(9-17)7-13(6-11)10-17/h11-13H,2-10H2,1H3,(H,18,22)(H,20,23). The molecule has 4 saturated carbocycles. The maximum Gasteiger partial charge on any atom is 0.226 e. The third-order valence-corrected chi connectivity index (χ3v) is 6.61. The summed E-state index contributed by atoms with van der Waals surface area (Å²) in [5, 5.41) is 10.3. The SMILES string of the molecule is CCc1n[nH]c(=S)n1CCNC(=O)C12CC3CC(CC(C3)C1)C2. The lowest BCUT2D eigenvalue weighted by Crippen LogP contribution is -2.53. The lowest BCUT2D eigenvalue weighted by Gasteiger charge is -2.55. The Bertz CT molecular complexity index is 627. The Kier molecular flexibility index (Phi) is 3.82. The number of aryl methyl sites for hydroxylation is 1. The van der Waals surface area contributed by atoms with Crippen LogP contribution in [-0.4, -0.2) is 27.2 Å². The minimum Gasteiger partial charge on any atom is -0.354 e. The van der Waals surface area contributed by atoms with Gasteiger partial charge in [0.05, 0.1) is 0 Å². The van der Waals surface area contributed by atoms with Gasteiger partial charge in [-0.1, -0.05) is 6.92 Å². The van der Waals surface area contributed by atoms with Gasteiger partial charge in [-0.15, -0.1) is 0 Å². The first kappa shape index (κ1) is 15.4. The number of hydrogen-bond donors (Lipinski definition) is 2. The quantitative estimate of drug-likeness (QED) is 0.814. The van der Waals surface area contributed by atoms with Crippen molar-refractivity contribution < 1.29 is 4.79 Å². The average Bonchev–Trinajstić information content (AvgIpc) is 2.86. The first-order valence-electron chi connectivity index (χ1n) is 9.02. The van der Waals surface area contributed by atoms with Crippen LogP contribution >= 0.6 is 12.2 Å². The van der Waals surface area contributed by atoms with E-state index >= 15 is 0 Å². The fraction of sp³-hybridized carbons (Fsp3) is 0.824. The van der Waals surface area contributed by atoms with Crippen LogP contribution in [0.15, 0.2) is 0 Å². The second-order valence-electron chi connectivity index (χ2n) is 7.90. The monoisotopic (exact) mass is 334 g/mol. The first-order valence-corrected chi connectivity index (χ1v) is 9.43. The van der Waals surface area contributed by atoms with Crippen molar-refractivity contribution in [2.45, 2.75) is 58.4 Å². The summed E-state index contributed by atoms with van der Waals surface area (Å²) in [5.41, 5.74) is -0.0554. The molecule has 1 aromatic rings. The van der Waals surface area contributed by atoms with E-state index in [1.165, 1.54) is 19.3 Å². The van der Waals surface area contributed by atoms with E-state index in [9.17, 15) is 4.79 Å². The van der Waals surface area contributed by atoms with E-state index in [1.54, 1.807) is 0 Å². The van der Waals surface area contributed by atoms with Gasteiger partial charge in [0.1, 0.15) is 5.82 Å². The van der Waals surface area contributed by atoms with Crippen LogP contribution in [0.4, 0.5) is 0 Å². The number of carbonyl (C=O) groups excluding carboxylic acids is 1. The summed E-state index contributed by atoms with van der Waals surface area (Å²) in [7, 11) is 0. The van der Waals surface area contributed by atoms with E-state index in [2.05, 4.69) is 22.4 Å². The van der Waals surface area contributed by atoms with Gasteiger partial charge in [-0.3, -0.25) is 9.89 Å². The van der Waals surface area contributed by atoms with Crippen molar-refractivity contribution in [1.29, 1.82) is 0 Å². The summed E-state index contributed by atoms with van der Waals surface area (Å²) in [4.78, 5) is 12.9.